The van der Waals surface area contributed by atoms with Gasteiger partial charge in [0.15, 0.2) is 0 Å². The summed E-state index contributed by atoms with van der Waals surface area (Å²) in [5, 5.41) is 7.21. The molecule has 0 aliphatic carbocycles. The van der Waals surface area contributed by atoms with E-state index in [9.17, 15) is 8.78 Å². The van der Waals surface area contributed by atoms with E-state index in [1.165, 1.54) is 4.68 Å². The molecule has 0 amide bonds. The molecule has 2 heterocycles. The Bertz CT molecular complexity index is 524. The van der Waals surface area contributed by atoms with Crippen LogP contribution in [0.2, 0.25) is 0 Å². The first-order valence-corrected chi connectivity index (χ1v) is 5.89. The summed E-state index contributed by atoms with van der Waals surface area (Å²) in [4.78, 5) is 0. The second-order valence-corrected chi connectivity index (χ2v) is 4.41. The molecular formula is C13H13F2N3. The summed E-state index contributed by atoms with van der Waals surface area (Å²) in [5.41, 5.74) is 1.02. The minimum absolute atomic E-state index is 0.0885. The number of anilines is 1. The molecule has 0 fully saturated rings. The normalized spacial score (nSPS) is 22.6. The van der Waals surface area contributed by atoms with E-state index in [-0.39, 0.29) is 6.04 Å². The van der Waals surface area contributed by atoms with Gasteiger partial charge in [0.1, 0.15) is 11.9 Å². The summed E-state index contributed by atoms with van der Waals surface area (Å²) < 4.78 is 27.5. The zero-order valence-electron chi connectivity index (χ0n) is 9.63. The van der Waals surface area contributed by atoms with Crippen LogP contribution in [0.3, 0.4) is 0 Å². The summed E-state index contributed by atoms with van der Waals surface area (Å²) in [6.45, 7) is 0. The Labute approximate surface area is 103 Å². The molecule has 0 spiro atoms. The molecule has 1 aliphatic rings. The maximum Gasteiger partial charge on any atom is 0.260 e. The number of hydrogen-bond donors (Lipinski definition) is 1. The average molecular weight is 249 g/mol. The minimum Gasteiger partial charge on any atom is -0.363 e. The second-order valence-electron chi connectivity index (χ2n) is 4.41. The smallest absolute Gasteiger partial charge is 0.260 e. The SMILES string of the molecule is FC(F)[C@H]1C[C@@H](c2ccccc2)Nc2ccnn21. The van der Waals surface area contributed by atoms with Crippen LogP contribution in [0, 0.1) is 0 Å². The Morgan fingerprint density at radius 1 is 1.22 bits per heavy atom. The number of halogens is 2. The van der Waals surface area contributed by atoms with Crippen LogP contribution in [0.4, 0.5) is 14.6 Å². The third kappa shape index (κ3) is 1.85. The first-order chi connectivity index (χ1) is 8.75. The lowest BCUT2D eigenvalue weighted by Crippen LogP contribution is -2.30. The third-order valence-corrected chi connectivity index (χ3v) is 3.28. The summed E-state index contributed by atoms with van der Waals surface area (Å²) in [6.07, 6.45) is -0.515. The lowest BCUT2D eigenvalue weighted by atomic mass is 9.97. The van der Waals surface area contributed by atoms with Gasteiger partial charge in [-0.05, 0) is 12.0 Å². The Morgan fingerprint density at radius 3 is 2.72 bits per heavy atom. The molecule has 18 heavy (non-hydrogen) atoms. The van der Waals surface area contributed by atoms with Gasteiger partial charge in [0.25, 0.3) is 6.43 Å². The number of hydrogen-bond acceptors (Lipinski definition) is 2. The van der Waals surface area contributed by atoms with Crippen LogP contribution < -0.4 is 5.32 Å². The lowest BCUT2D eigenvalue weighted by Gasteiger charge is -2.32. The predicted octanol–water partition coefficient (Wildman–Crippen LogP) is 3.25. The molecule has 0 saturated heterocycles. The van der Waals surface area contributed by atoms with E-state index in [1.54, 1.807) is 12.3 Å². The zero-order valence-corrected chi connectivity index (χ0v) is 9.63. The van der Waals surface area contributed by atoms with Crippen LogP contribution in [0.5, 0.6) is 0 Å². The fraction of sp³-hybridized carbons (Fsp3) is 0.308. The van der Waals surface area contributed by atoms with E-state index in [4.69, 9.17) is 0 Å². The van der Waals surface area contributed by atoms with Crippen molar-refractivity contribution in [3.63, 3.8) is 0 Å². The fourth-order valence-electron chi connectivity index (χ4n) is 2.39. The number of fused-ring (bicyclic) bond motifs is 1. The Balaban J connectivity index is 1.94. The minimum atomic E-state index is -2.41. The Hall–Kier alpha value is -1.91. The van der Waals surface area contributed by atoms with E-state index in [0.29, 0.717) is 12.2 Å². The molecule has 3 nitrogen and oxygen atoms in total. The molecule has 1 N–H and O–H groups in total. The highest BCUT2D eigenvalue weighted by Gasteiger charge is 2.33. The molecule has 2 atom stereocenters. The van der Waals surface area contributed by atoms with Crippen LogP contribution in [0.1, 0.15) is 24.1 Å². The quantitative estimate of drug-likeness (QED) is 0.885. The zero-order chi connectivity index (χ0) is 12.5. The molecule has 1 aromatic carbocycles. The molecule has 3 rings (SSSR count). The molecule has 0 saturated carbocycles. The molecule has 1 aliphatic heterocycles. The van der Waals surface area contributed by atoms with E-state index in [2.05, 4.69) is 10.4 Å². The van der Waals surface area contributed by atoms with Crippen molar-refractivity contribution >= 4 is 5.82 Å². The van der Waals surface area contributed by atoms with Gasteiger partial charge in [-0.2, -0.15) is 5.10 Å². The number of nitrogens with one attached hydrogen (secondary N) is 1. The van der Waals surface area contributed by atoms with Crippen LogP contribution in [0.25, 0.3) is 0 Å². The van der Waals surface area contributed by atoms with Crippen LogP contribution in [-0.4, -0.2) is 16.2 Å². The topological polar surface area (TPSA) is 29.9 Å². The van der Waals surface area contributed by atoms with E-state index in [0.717, 1.165) is 5.56 Å². The van der Waals surface area contributed by atoms with Gasteiger partial charge < -0.3 is 5.32 Å². The van der Waals surface area contributed by atoms with Gasteiger partial charge in [-0.25, -0.2) is 13.5 Å². The Morgan fingerprint density at radius 2 is 2.00 bits per heavy atom. The van der Waals surface area contributed by atoms with Gasteiger partial charge >= 0.3 is 0 Å². The molecule has 94 valence electrons. The summed E-state index contributed by atoms with van der Waals surface area (Å²) in [5.74, 6) is 0.653. The van der Waals surface area contributed by atoms with Gasteiger partial charge in [0.2, 0.25) is 0 Å². The molecule has 1 aromatic heterocycles. The van der Waals surface area contributed by atoms with Crippen LogP contribution in [-0.2, 0) is 0 Å². The van der Waals surface area contributed by atoms with Crippen molar-refractivity contribution in [2.45, 2.75) is 24.9 Å². The van der Waals surface area contributed by atoms with Crippen molar-refractivity contribution < 1.29 is 8.78 Å². The molecule has 0 radical (unpaired) electrons. The van der Waals surface area contributed by atoms with Crippen LogP contribution >= 0.6 is 0 Å². The first kappa shape index (κ1) is 11.2. The van der Waals surface area contributed by atoms with E-state index < -0.39 is 12.5 Å². The maximum absolute atomic E-state index is 13.1. The second kappa shape index (κ2) is 4.40. The van der Waals surface area contributed by atoms with Gasteiger partial charge in [0, 0.05) is 6.07 Å². The fourth-order valence-corrected chi connectivity index (χ4v) is 2.39. The van der Waals surface area contributed by atoms with Crippen molar-refractivity contribution in [1.29, 1.82) is 0 Å². The number of benzene rings is 1. The van der Waals surface area contributed by atoms with Crippen molar-refractivity contribution in [1.82, 2.24) is 9.78 Å². The molecular weight excluding hydrogens is 236 g/mol. The number of rotatable bonds is 2. The van der Waals surface area contributed by atoms with Gasteiger partial charge in [-0.3, -0.25) is 0 Å². The highest BCUT2D eigenvalue weighted by atomic mass is 19.3. The molecule has 0 unspecified atom stereocenters. The average Bonchev–Trinajstić information content (AvgIpc) is 2.86. The predicted molar refractivity (Wildman–Crippen MR) is 64.7 cm³/mol. The molecule has 5 heteroatoms. The largest absolute Gasteiger partial charge is 0.363 e. The number of aromatic nitrogens is 2. The molecule has 0 bridgehead atoms. The maximum atomic E-state index is 13.1. The highest BCUT2D eigenvalue weighted by molar-refractivity contribution is 5.41. The number of alkyl halides is 2. The highest BCUT2D eigenvalue weighted by Crippen LogP contribution is 2.37. The third-order valence-electron chi connectivity index (χ3n) is 3.28. The van der Waals surface area contributed by atoms with Crippen molar-refractivity contribution in [3.05, 3.63) is 48.2 Å². The standard InChI is InChI=1S/C13H13F2N3/c14-13(15)11-8-10(9-4-2-1-3-5-9)17-12-6-7-16-18(11)12/h1-7,10-11,13,17H,8H2/t10-,11+/m0/s1. The lowest BCUT2D eigenvalue weighted by molar-refractivity contribution is 0.0658. The first-order valence-electron chi connectivity index (χ1n) is 5.89. The van der Waals surface area contributed by atoms with Crippen molar-refractivity contribution in [2.75, 3.05) is 5.32 Å². The van der Waals surface area contributed by atoms with Crippen molar-refractivity contribution in [2.24, 2.45) is 0 Å². The summed E-state index contributed by atoms with van der Waals surface area (Å²) >= 11 is 0. The van der Waals surface area contributed by atoms with Crippen molar-refractivity contribution in [3.8, 4) is 0 Å². The Kier molecular flexibility index (Phi) is 2.74. The molecule has 2 aromatic rings. The summed E-state index contributed by atoms with van der Waals surface area (Å²) in [7, 11) is 0. The van der Waals surface area contributed by atoms with E-state index >= 15 is 0 Å². The van der Waals surface area contributed by atoms with E-state index in [1.807, 2.05) is 30.3 Å². The van der Waals surface area contributed by atoms with Gasteiger partial charge in [-0.1, -0.05) is 30.3 Å². The number of nitrogens with zero attached hydrogens (tertiary/aromatic N) is 2. The van der Waals surface area contributed by atoms with Gasteiger partial charge in [-0.15, -0.1) is 0 Å². The van der Waals surface area contributed by atoms with Gasteiger partial charge in [0.05, 0.1) is 12.2 Å². The summed E-state index contributed by atoms with van der Waals surface area (Å²) in [6, 6.07) is 10.4. The van der Waals surface area contributed by atoms with Crippen LogP contribution in [0.15, 0.2) is 42.6 Å². The monoisotopic (exact) mass is 249 g/mol.